The Morgan fingerprint density at radius 2 is 2.25 bits per heavy atom. The fourth-order valence-electron chi connectivity index (χ4n) is 0.943. The maximum Gasteiger partial charge on any atom is 0.213 e. The van der Waals surface area contributed by atoms with Crippen molar-refractivity contribution in [3.8, 4) is 5.88 Å². The monoisotopic (exact) mass is 167 g/mol. The van der Waals surface area contributed by atoms with Gasteiger partial charge in [0.05, 0.1) is 18.5 Å². The molecule has 0 saturated heterocycles. The Morgan fingerprint density at radius 3 is 2.83 bits per heavy atom. The van der Waals surface area contributed by atoms with Gasteiger partial charge in [-0.1, -0.05) is 0 Å². The molecule has 0 saturated carbocycles. The molecule has 1 aromatic heterocycles. The van der Waals surface area contributed by atoms with Gasteiger partial charge in [-0.2, -0.15) is 0 Å². The van der Waals surface area contributed by atoms with Gasteiger partial charge in [-0.05, 0) is 12.6 Å². The van der Waals surface area contributed by atoms with Crippen molar-refractivity contribution >= 4 is 5.69 Å². The van der Waals surface area contributed by atoms with Crippen LogP contribution in [-0.4, -0.2) is 18.6 Å². The molecule has 12 heavy (non-hydrogen) atoms. The topological polar surface area (TPSA) is 74.2 Å². The first kappa shape index (κ1) is 8.80. The van der Waals surface area contributed by atoms with E-state index in [0.717, 1.165) is 5.69 Å². The molecular formula is C8H13N3O. The van der Waals surface area contributed by atoms with Crippen molar-refractivity contribution in [2.45, 2.75) is 6.42 Å². The first-order valence-electron chi connectivity index (χ1n) is 3.77. The van der Waals surface area contributed by atoms with Gasteiger partial charge in [0, 0.05) is 12.5 Å². The summed E-state index contributed by atoms with van der Waals surface area (Å²) in [5.74, 6) is 0.577. The van der Waals surface area contributed by atoms with Crippen LogP contribution in [-0.2, 0) is 6.42 Å². The highest BCUT2D eigenvalue weighted by atomic mass is 16.5. The lowest BCUT2D eigenvalue weighted by Gasteiger charge is -2.04. The molecule has 4 nitrogen and oxygen atoms in total. The first-order valence-corrected chi connectivity index (χ1v) is 3.77. The van der Waals surface area contributed by atoms with Crippen LogP contribution in [0.1, 0.15) is 5.69 Å². The number of hydrogen-bond acceptors (Lipinski definition) is 4. The standard InChI is InChI=1S/C8H13N3O/c1-12-8-3-2-6(10)7(11-8)4-5-9/h2-3H,4-5,9-10H2,1H3. The average molecular weight is 167 g/mol. The Bertz CT molecular complexity index is 262. The molecule has 0 bridgehead atoms. The van der Waals surface area contributed by atoms with E-state index in [4.69, 9.17) is 16.2 Å². The van der Waals surface area contributed by atoms with Gasteiger partial charge in [0.2, 0.25) is 5.88 Å². The molecule has 4 N–H and O–H groups in total. The molecule has 66 valence electrons. The van der Waals surface area contributed by atoms with E-state index in [1.807, 2.05) is 0 Å². The van der Waals surface area contributed by atoms with Crippen LogP contribution >= 0.6 is 0 Å². The zero-order chi connectivity index (χ0) is 8.97. The zero-order valence-electron chi connectivity index (χ0n) is 7.08. The van der Waals surface area contributed by atoms with E-state index in [9.17, 15) is 0 Å². The van der Waals surface area contributed by atoms with Crippen LogP contribution in [0.4, 0.5) is 5.69 Å². The summed E-state index contributed by atoms with van der Waals surface area (Å²) in [5.41, 5.74) is 12.5. The number of nitrogen functional groups attached to an aromatic ring is 1. The quantitative estimate of drug-likeness (QED) is 0.673. The van der Waals surface area contributed by atoms with E-state index >= 15 is 0 Å². The summed E-state index contributed by atoms with van der Waals surface area (Å²) in [6.45, 7) is 0.546. The van der Waals surface area contributed by atoms with Crippen molar-refractivity contribution in [3.05, 3.63) is 17.8 Å². The van der Waals surface area contributed by atoms with E-state index in [0.29, 0.717) is 24.5 Å². The highest BCUT2D eigenvalue weighted by Crippen LogP contribution is 2.14. The third-order valence-electron chi connectivity index (χ3n) is 1.57. The summed E-state index contributed by atoms with van der Waals surface area (Å²) in [5, 5.41) is 0. The molecule has 0 aliphatic rings. The first-order chi connectivity index (χ1) is 5.77. The molecule has 0 aliphatic heterocycles. The third kappa shape index (κ3) is 1.85. The number of rotatable bonds is 3. The molecule has 1 heterocycles. The molecule has 0 fully saturated rings. The Labute approximate surface area is 71.5 Å². The normalized spacial score (nSPS) is 9.83. The highest BCUT2D eigenvalue weighted by Gasteiger charge is 2.01. The largest absolute Gasteiger partial charge is 0.481 e. The second-order valence-electron chi connectivity index (χ2n) is 2.43. The molecule has 1 rings (SSSR count). The van der Waals surface area contributed by atoms with Gasteiger partial charge in [-0.3, -0.25) is 0 Å². The summed E-state index contributed by atoms with van der Waals surface area (Å²) < 4.78 is 4.95. The number of nitrogens with zero attached hydrogens (tertiary/aromatic N) is 1. The van der Waals surface area contributed by atoms with Crippen LogP contribution in [0.25, 0.3) is 0 Å². The predicted octanol–water partition coefficient (Wildman–Crippen LogP) is 0.174. The van der Waals surface area contributed by atoms with Gasteiger partial charge in [0.1, 0.15) is 0 Å². The van der Waals surface area contributed by atoms with E-state index in [2.05, 4.69) is 4.98 Å². The van der Waals surface area contributed by atoms with Crippen molar-refractivity contribution in [3.63, 3.8) is 0 Å². The number of anilines is 1. The van der Waals surface area contributed by atoms with E-state index in [1.54, 1.807) is 19.2 Å². The number of pyridine rings is 1. The number of ether oxygens (including phenoxy) is 1. The van der Waals surface area contributed by atoms with Crippen molar-refractivity contribution in [1.82, 2.24) is 4.98 Å². The second-order valence-corrected chi connectivity index (χ2v) is 2.43. The number of methoxy groups -OCH3 is 1. The van der Waals surface area contributed by atoms with E-state index < -0.39 is 0 Å². The SMILES string of the molecule is COc1ccc(N)c(CCN)n1. The molecule has 0 aromatic carbocycles. The Morgan fingerprint density at radius 1 is 1.50 bits per heavy atom. The van der Waals surface area contributed by atoms with Crippen LogP contribution in [0.15, 0.2) is 12.1 Å². The van der Waals surface area contributed by atoms with Gasteiger partial charge >= 0.3 is 0 Å². The fraction of sp³-hybridized carbons (Fsp3) is 0.375. The lowest BCUT2D eigenvalue weighted by atomic mass is 10.2. The van der Waals surface area contributed by atoms with Crippen LogP contribution in [0.5, 0.6) is 5.88 Å². The minimum atomic E-state index is 0.546. The van der Waals surface area contributed by atoms with Crippen LogP contribution in [0, 0.1) is 0 Å². The number of aromatic nitrogens is 1. The van der Waals surface area contributed by atoms with Crippen LogP contribution in [0.2, 0.25) is 0 Å². The average Bonchev–Trinajstić information content (AvgIpc) is 2.09. The number of nitrogens with two attached hydrogens (primary N) is 2. The van der Waals surface area contributed by atoms with Crippen molar-refractivity contribution in [2.75, 3.05) is 19.4 Å². The lowest BCUT2D eigenvalue weighted by Crippen LogP contribution is -2.07. The van der Waals surface area contributed by atoms with Gasteiger partial charge in [0.15, 0.2) is 0 Å². The van der Waals surface area contributed by atoms with Gasteiger partial charge < -0.3 is 16.2 Å². The zero-order valence-corrected chi connectivity index (χ0v) is 7.08. The summed E-state index contributed by atoms with van der Waals surface area (Å²) >= 11 is 0. The summed E-state index contributed by atoms with van der Waals surface area (Å²) in [4.78, 5) is 4.15. The second kappa shape index (κ2) is 3.92. The van der Waals surface area contributed by atoms with Crippen LogP contribution in [0.3, 0.4) is 0 Å². The van der Waals surface area contributed by atoms with Gasteiger partial charge in [0.25, 0.3) is 0 Å². The molecule has 1 aromatic rings. The third-order valence-corrected chi connectivity index (χ3v) is 1.57. The Hall–Kier alpha value is -1.29. The molecule has 0 aliphatic carbocycles. The highest BCUT2D eigenvalue weighted by molar-refractivity contribution is 5.44. The molecule has 0 amide bonds. The van der Waals surface area contributed by atoms with E-state index in [1.165, 1.54) is 0 Å². The number of hydrogen-bond donors (Lipinski definition) is 2. The molecule has 0 radical (unpaired) electrons. The van der Waals surface area contributed by atoms with Crippen molar-refractivity contribution < 1.29 is 4.74 Å². The van der Waals surface area contributed by atoms with Gasteiger partial charge in [-0.25, -0.2) is 4.98 Å². The Kier molecular flexibility index (Phi) is 2.88. The smallest absolute Gasteiger partial charge is 0.213 e. The van der Waals surface area contributed by atoms with Crippen LogP contribution < -0.4 is 16.2 Å². The molecule has 0 atom stereocenters. The minimum absolute atomic E-state index is 0.546. The minimum Gasteiger partial charge on any atom is -0.481 e. The van der Waals surface area contributed by atoms with Gasteiger partial charge in [-0.15, -0.1) is 0 Å². The van der Waals surface area contributed by atoms with Crippen molar-refractivity contribution in [1.29, 1.82) is 0 Å². The van der Waals surface area contributed by atoms with Crippen molar-refractivity contribution in [2.24, 2.45) is 5.73 Å². The molecule has 0 unspecified atom stereocenters. The summed E-state index contributed by atoms with van der Waals surface area (Å²) in [7, 11) is 1.57. The molecule has 4 heteroatoms. The Balaban J connectivity index is 2.91. The predicted molar refractivity (Wildman–Crippen MR) is 48.0 cm³/mol. The fourth-order valence-corrected chi connectivity index (χ4v) is 0.943. The molecular weight excluding hydrogens is 154 g/mol. The maximum absolute atomic E-state index is 5.66. The summed E-state index contributed by atoms with van der Waals surface area (Å²) in [6.07, 6.45) is 0.684. The molecule has 0 spiro atoms. The lowest BCUT2D eigenvalue weighted by molar-refractivity contribution is 0.396. The van der Waals surface area contributed by atoms with E-state index in [-0.39, 0.29) is 0 Å². The maximum atomic E-state index is 5.66. The summed E-state index contributed by atoms with van der Waals surface area (Å²) in [6, 6.07) is 3.51.